The number of hydrogen-bond donors (Lipinski definition) is 1. The Labute approximate surface area is 92.7 Å². The van der Waals surface area contributed by atoms with Crippen molar-refractivity contribution in [1.29, 1.82) is 0 Å². The standard InChI is InChI=1S/C9H15BrN4/c1-3-4-5-14(2)8-7(10)6-12-9(11)13-8/h6H,3-5H2,1-2H3,(H2,11,12,13). The number of unbranched alkanes of at least 4 members (excludes halogenated alkanes) is 1. The van der Waals surface area contributed by atoms with Gasteiger partial charge in [-0.05, 0) is 22.4 Å². The number of nitrogen functional groups attached to an aromatic ring is 1. The molecule has 4 nitrogen and oxygen atoms in total. The molecule has 0 bridgehead atoms. The van der Waals surface area contributed by atoms with Gasteiger partial charge >= 0.3 is 0 Å². The summed E-state index contributed by atoms with van der Waals surface area (Å²) < 4.78 is 0.880. The van der Waals surface area contributed by atoms with E-state index in [1.54, 1.807) is 6.20 Å². The molecule has 0 spiro atoms. The number of hydrogen-bond acceptors (Lipinski definition) is 4. The molecule has 5 heteroatoms. The lowest BCUT2D eigenvalue weighted by Gasteiger charge is -2.18. The van der Waals surface area contributed by atoms with Gasteiger partial charge in [0.1, 0.15) is 5.82 Å². The first-order valence-electron chi connectivity index (χ1n) is 4.64. The van der Waals surface area contributed by atoms with Crippen LogP contribution < -0.4 is 10.6 Å². The van der Waals surface area contributed by atoms with Gasteiger partial charge in [-0.1, -0.05) is 13.3 Å². The van der Waals surface area contributed by atoms with E-state index in [9.17, 15) is 0 Å². The van der Waals surface area contributed by atoms with E-state index in [0.29, 0.717) is 5.95 Å². The molecule has 0 aliphatic heterocycles. The van der Waals surface area contributed by atoms with Crippen molar-refractivity contribution in [2.24, 2.45) is 0 Å². The van der Waals surface area contributed by atoms with Crippen molar-refractivity contribution in [1.82, 2.24) is 9.97 Å². The van der Waals surface area contributed by atoms with Crippen LogP contribution in [0.2, 0.25) is 0 Å². The van der Waals surface area contributed by atoms with Crippen molar-refractivity contribution in [2.75, 3.05) is 24.2 Å². The highest BCUT2D eigenvalue weighted by molar-refractivity contribution is 9.10. The normalized spacial score (nSPS) is 10.2. The predicted molar refractivity (Wildman–Crippen MR) is 62.3 cm³/mol. The van der Waals surface area contributed by atoms with Gasteiger partial charge in [-0.15, -0.1) is 0 Å². The summed E-state index contributed by atoms with van der Waals surface area (Å²) >= 11 is 3.40. The molecule has 0 saturated heterocycles. The molecule has 0 fully saturated rings. The average molecular weight is 259 g/mol. The highest BCUT2D eigenvalue weighted by atomic mass is 79.9. The lowest BCUT2D eigenvalue weighted by Crippen LogP contribution is -2.20. The summed E-state index contributed by atoms with van der Waals surface area (Å²) in [5.41, 5.74) is 5.52. The Bertz CT molecular complexity index is 303. The first kappa shape index (κ1) is 11.2. The fraction of sp³-hybridized carbons (Fsp3) is 0.556. The fourth-order valence-electron chi connectivity index (χ4n) is 1.14. The van der Waals surface area contributed by atoms with E-state index in [-0.39, 0.29) is 0 Å². The van der Waals surface area contributed by atoms with Crippen LogP contribution in [0.1, 0.15) is 19.8 Å². The monoisotopic (exact) mass is 258 g/mol. The van der Waals surface area contributed by atoms with Gasteiger partial charge in [0.15, 0.2) is 0 Å². The number of halogens is 1. The van der Waals surface area contributed by atoms with Gasteiger partial charge in [0, 0.05) is 19.8 Å². The van der Waals surface area contributed by atoms with Crippen molar-refractivity contribution in [3.05, 3.63) is 10.7 Å². The van der Waals surface area contributed by atoms with Gasteiger partial charge in [-0.2, -0.15) is 4.98 Å². The molecule has 0 saturated carbocycles. The maximum Gasteiger partial charge on any atom is 0.222 e. The first-order chi connectivity index (χ1) is 6.65. The summed E-state index contributed by atoms with van der Waals surface area (Å²) in [6.45, 7) is 3.14. The number of aromatic nitrogens is 2. The van der Waals surface area contributed by atoms with E-state index >= 15 is 0 Å². The Kier molecular flexibility index (Phi) is 4.13. The average Bonchev–Trinajstić information content (AvgIpc) is 2.18. The van der Waals surface area contributed by atoms with Crippen molar-refractivity contribution in [2.45, 2.75) is 19.8 Å². The van der Waals surface area contributed by atoms with Crippen molar-refractivity contribution >= 4 is 27.7 Å². The fourth-order valence-corrected chi connectivity index (χ4v) is 1.63. The van der Waals surface area contributed by atoms with E-state index in [1.807, 2.05) is 7.05 Å². The zero-order valence-electron chi connectivity index (χ0n) is 8.50. The van der Waals surface area contributed by atoms with Crippen LogP contribution in [-0.4, -0.2) is 23.6 Å². The minimum atomic E-state index is 0.312. The number of nitrogens with zero attached hydrogens (tertiary/aromatic N) is 3. The lowest BCUT2D eigenvalue weighted by molar-refractivity contribution is 0.757. The quantitative estimate of drug-likeness (QED) is 0.899. The van der Waals surface area contributed by atoms with Crippen LogP contribution in [0, 0.1) is 0 Å². The molecule has 0 aromatic carbocycles. The summed E-state index contributed by atoms with van der Waals surface area (Å²) in [6.07, 6.45) is 4.00. The van der Waals surface area contributed by atoms with Gasteiger partial charge in [0.05, 0.1) is 4.47 Å². The Balaban J connectivity index is 2.77. The van der Waals surface area contributed by atoms with Crippen LogP contribution in [0.25, 0.3) is 0 Å². The van der Waals surface area contributed by atoms with Crippen LogP contribution in [-0.2, 0) is 0 Å². The third-order valence-corrected chi connectivity index (χ3v) is 2.51. The minimum Gasteiger partial charge on any atom is -0.368 e. The van der Waals surface area contributed by atoms with Crippen LogP contribution in [0.5, 0.6) is 0 Å². The van der Waals surface area contributed by atoms with Crippen molar-refractivity contribution in [3.63, 3.8) is 0 Å². The molecule has 0 atom stereocenters. The number of anilines is 2. The van der Waals surface area contributed by atoms with Gasteiger partial charge in [0.25, 0.3) is 0 Å². The molecule has 1 rings (SSSR count). The van der Waals surface area contributed by atoms with E-state index in [2.05, 4.69) is 37.7 Å². The van der Waals surface area contributed by atoms with Crippen LogP contribution in [0.15, 0.2) is 10.7 Å². The second-order valence-corrected chi connectivity index (χ2v) is 4.03. The van der Waals surface area contributed by atoms with E-state index in [4.69, 9.17) is 5.73 Å². The molecule has 0 aliphatic carbocycles. The molecule has 0 radical (unpaired) electrons. The summed E-state index contributed by atoms with van der Waals surface area (Å²) in [5, 5.41) is 0. The molecule has 0 aliphatic rings. The Morgan fingerprint density at radius 1 is 1.57 bits per heavy atom. The van der Waals surface area contributed by atoms with Gasteiger partial charge < -0.3 is 10.6 Å². The molecule has 0 amide bonds. The molecule has 0 unspecified atom stereocenters. The van der Waals surface area contributed by atoms with Gasteiger partial charge in [-0.3, -0.25) is 0 Å². The highest BCUT2D eigenvalue weighted by Gasteiger charge is 2.07. The van der Waals surface area contributed by atoms with E-state index < -0.39 is 0 Å². The molecule has 2 N–H and O–H groups in total. The third kappa shape index (κ3) is 2.83. The predicted octanol–water partition coefficient (Wildman–Crippen LogP) is 2.06. The summed E-state index contributed by atoms with van der Waals surface area (Å²) in [7, 11) is 2.00. The molecule has 14 heavy (non-hydrogen) atoms. The Hall–Kier alpha value is -0.840. The Morgan fingerprint density at radius 2 is 2.29 bits per heavy atom. The third-order valence-electron chi connectivity index (χ3n) is 1.95. The van der Waals surface area contributed by atoms with Gasteiger partial charge in [0.2, 0.25) is 5.95 Å². The molecule has 78 valence electrons. The van der Waals surface area contributed by atoms with Crippen molar-refractivity contribution < 1.29 is 0 Å². The largest absolute Gasteiger partial charge is 0.368 e. The smallest absolute Gasteiger partial charge is 0.222 e. The van der Waals surface area contributed by atoms with E-state index in [0.717, 1.165) is 23.3 Å². The maximum atomic E-state index is 5.52. The van der Waals surface area contributed by atoms with Crippen LogP contribution in [0.3, 0.4) is 0 Å². The molecule has 1 aromatic heterocycles. The second-order valence-electron chi connectivity index (χ2n) is 3.17. The Morgan fingerprint density at radius 3 is 2.93 bits per heavy atom. The molecular weight excluding hydrogens is 244 g/mol. The SMILES string of the molecule is CCCCN(C)c1nc(N)ncc1Br. The van der Waals surface area contributed by atoms with Gasteiger partial charge in [-0.25, -0.2) is 4.98 Å². The van der Waals surface area contributed by atoms with Crippen LogP contribution >= 0.6 is 15.9 Å². The zero-order valence-corrected chi connectivity index (χ0v) is 10.1. The molecule has 1 heterocycles. The molecule has 1 aromatic rings. The number of nitrogens with two attached hydrogens (primary N) is 1. The maximum absolute atomic E-state index is 5.52. The first-order valence-corrected chi connectivity index (χ1v) is 5.43. The highest BCUT2D eigenvalue weighted by Crippen LogP contribution is 2.22. The zero-order chi connectivity index (χ0) is 10.6. The molecular formula is C9H15BrN4. The second kappa shape index (κ2) is 5.14. The summed E-state index contributed by atoms with van der Waals surface area (Å²) in [6, 6.07) is 0. The summed E-state index contributed by atoms with van der Waals surface area (Å²) in [5.74, 6) is 1.16. The van der Waals surface area contributed by atoms with E-state index in [1.165, 1.54) is 6.42 Å². The lowest BCUT2D eigenvalue weighted by atomic mass is 10.3. The van der Waals surface area contributed by atoms with Crippen molar-refractivity contribution in [3.8, 4) is 0 Å². The summed E-state index contributed by atoms with van der Waals surface area (Å²) in [4.78, 5) is 10.1. The number of rotatable bonds is 4. The van der Waals surface area contributed by atoms with Crippen LogP contribution in [0.4, 0.5) is 11.8 Å². The minimum absolute atomic E-state index is 0.312. The topological polar surface area (TPSA) is 55.0 Å².